The van der Waals surface area contributed by atoms with Gasteiger partial charge in [0.05, 0.1) is 22.7 Å². The molecule has 1 unspecified atom stereocenters. The maximum Gasteiger partial charge on any atom is 0.227 e. The summed E-state index contributed by atoms with van der Waals surface area (Å²) in [5, 5.41) is 3.89. The Morgan fingerprint density at radius 1 is 0.963 bits per heavy atom. The van der Waals surface area contributed by atoms with Gasteiger partial charge in [-0.2, -0.15) is 0 Å². The Labute approximate surface area is 162 Å². The van der Waals surface area contributed by atoms with E-state index in [-0.39, 0.29) is 11.9 Å². The topological polar surface area (TPSA) is 42.0 Å². The molecule has 0 aliphatic carbocycles. The summed E-state index contributed by atoms with van der Waals surface area (Å²) < 4.78 is 1.11. The average Bonchev–Trinajstić information content (AvgIpc) is 3.10. The van der Waals surface area contributed by atoms with E-state index in [1.807, 2.05) is 61.5 Å². The Hall–Kier alpha value is -2.98. The summed E-state index contributed by atoms with van der Waals surface area (Å²) in [6.07, 6.45) is 0.303. The van der Waals surface area contributed by atoms with Crippen molar-refractivity contribution in [1.29, 1.82) is 0 Å². The first-order valence-electron chi connectivity index (χ1n) is 8.98. The third kappa shape index (κ3) is 4.07. The molecule has 0 bridgehead atoms. The number of nitrogens with one attached hydrogen (secondary N) is 1. The third-order valence-corrected chi connectivity index (χ3v) is 5.55. The summed E-state index contributed by atoms with van der Waals surface area (Å²) >= 11 is 1.59. The van der Waals surface area contributed by atoms with E-state index in [0.29, 0.717) is 6.42 Å². The van der Waals surface area contributed by atoms with Crippen molar-refractivity contribution < 1.29 is 4.79 Å². The molecule has 0 spiro atoms. The summed E-state index contributed by atoms with van der Waals surface area (Å²) in [6, 6.07) is 26.5. The van der Waals surface area contributed by atoms with Crippen LogP contribution < -0.4 is 5.32 Å². The second-order valence-electron chi connectivity index (χ2n) is 6.53. The van der Waals surface area contributed by atoms with Gasteiger partial charge in [-0.3, -0.25) is 4.79 Å². The van der Waals surface area contributed by atoms with Gasteiger partial charge >= 0.3 is 0 Å². The van der Waals surface area contributed by atoms with Crippen molar-refractivity contribution in [2.24, 2.45) is 0 Å². The molecule has 1 amide bonds. The van der Waals surface area contributed by atoms with E-state index in [1.165, 1.54) is 11.1 Å². The van der Waals surface area contributed by atoms with Gasteiger partial charge in [0.2, 0.25) is 5.91 Å². The van der Waals surface area contributed by atoms with Gasteiger partial charge in [0, 0.05) is 0 Å². The minimum absolute atomic E-state index is 0.00584. The zero-order valence-electron chi connectivity index (χ0n) is 15.1. The van der Waals surface area contributed by atoms with Crippen LogP contribution in [0.4, 0.5) is 0 Å². The van der Waals surface area contributed by atoms with Crippen LogP contribution in [-0.2, 0) is 11.2 Å². The zero-order chi connectivity index (χ0) is 18.6. The van der Waals surface area contributed by atoms with Crippen LogP contribution in [0.15, 0.2) is 78.9 Å². The van der Waals surface area contributed by atoms with Gasteiger partial charge in [-0.05, 0) is 35.7 Å². The molecule has 0 radical (unpaired) electrons. The monoisotopic (exact) mass is 372 g/mol. The molecule has 3 nitrogen and oxygen atoms in total. The average molecular weight is 372 g/mol. The lowest BCUT2D eigenvalue weighted by Gasteiger charge is -2.13. The fourth-order valence-electron chi connectivity index (χ4n) is 3.11. The molecule has 3 aromatic carbocycles. The van der Waals surface area contributed by atoms with Gasteiger partial charge < -0.3 is 5.32 Å². The minimum atomic E-state index is -0.0160. The Morgan fingerprint density at radius 3 is 2.41 bits per heavy atom. The van der Waals surface area contributed by atoms with Gasteiger partial charge in [0.1, 0.15) is 5.01 Å². The molecular formula is C23H20N2OS. The molecule has 1 aromatic heterocycles. The van der Waals surface area contributed by atoms with Gasteiger partial charge in [0.25, 0.3) is 0 Å². The number of rotatable bonds is 5. The van der Waals surface area contributed by atoms with Crippen LogP contribution in [0.5, 0.6) is 0 Å². The van der Waals surface area contributed by atoms with Crippen LogP contribution in [0.1, 0.15) is 23.5 Å². The van der Waals surface area contributed by atoms with Crippen molar-refractivity contribution in [1.82, 2.24) is 10.3 Å². The van der Waals surface area contributed by atoms with Crippen molar-refractivity contribution in [3.05, 3.63) is 89.4 Å². The molecule has 4 rings (SSSR count). The molecule has 1 heterocycles. The molecule has 1 N–H and O–H groups in total. The molecule has 0 aliphatic rings. The van der Waals surface area contributed by atoms with E-state index in [4.69, 9.17) is 0 Å². The van der Waals surface area contributed by atoms with Crippen LogP contribution in [0.25, 0.3) is 21.3 Å². The highest BCUT2D eigenvalue weighted by molar-refractivity contribution is 7.18. The first-order valence-corrected chi connectivity index (χ1v) is 9.80. The second kappa shape index (κ2) is 7.72. The SMILES string of the molecule is CC(NC(=O)Cc1nc2ccc(-c3ccccc3)cc2s1)c1ccccc1. The first kappa shape index (κ1) is 17.4. The fourth-order valence-corrected chi connectivity index (χ4v) is 4.12. The first-order chi connectivity index (χ1) is 13.2. The van der Waals surface area contributed by atoms with Gasteiger partial charge in [0.15, 0.2) is 0 Å². The summed E-state index contributed by atoms with van der Waals surface area (Å²) in [7, 11) is 0. The highest BCUT2D eigenvalue weighted by Crippen LogP contribution is 2.28. The molecule has 0 fully saturated rings. The summed E-state index contributed by atoms with van der Waals surface area (Å²) in [5.74, 6) is -0.00584. The summed E-state index contributed by atoms with van der Waals surface area (Å²) in [6.45, 7) is 2.00. The molecular weight excluding hydrogens is 352 g/mol. The van der Waals surface area contributed by atoms with Crippen LogP contribution >= 0.6 is 11.3 Å². The Kier molecular flexibility index (Phi) is 4.99. The number of nitrogens with zero attached hydrogens (tertiary/aromatic N) is 1. The maximum atomic E-state index is 12.4. The third-order valence-electron chi connectivity index (χ3n) is 4.53. The van der Waals surface area contributed by atoms with Crippen molar-refractivity contribution in [2.75, 3.05) is 0 Å². The van der Waals surface area contributed by atoms with Crippen molar-refractivity contribution >= 4 is 27.5 Å². The van der Waals surface area contributed by atoms with E-state index in [2.05, 4.69) is 34.6 Å². The Balaban J connectivity index is 1.48. The Bertz CT molecular complexity index is 1060. The number of carbonyl (C=O) groups is 1. The number of amides is 1. The van der Waals surface area contributed by atoms with E-state index in [1.54, 1.807) is 11.3 Å². The van der Waals surface area contributed by atoms with Crippen molar-refractivity contribution in [3.8, 4) is 11.1 Å². The van der Waals surface area contributed by atoms with E-state index in [9.17, 15) is 4.79 Å². The molecule has 1 atom stereocenters. The minimum Gasteiger partial charge on any atom is -0.349 e. The molecule has 0 saturated carbocycles. The number of benzene rings is 3. The molecule has 27 heavy (non-hydrogen) atoms. The molecule has 134 valence electrons. The van der Waals surface area contributed by atoms with Gasteiger partial charge in [-0.15, -0.1) is 11.3 Å². The molecule has 0 aliphatic heterocycles. The van der Waals surface area contributed by atoms with Crippen LogP contribution in [0.3, 0.4) is 0 Å². The molecule has 4 aromatic rings. The molecule has 0 saturated heterocycles. The van der Waals surface area contributed by atoms with Crippen molar-refractivity contribution in [3.63, 3.8) is 0 Å². The normalized spacial score (nSPS) is 12.0. The largest absolute Gasteiger partial charge is 0.349 e. The van der Waals surface area contributed by atoms with E-state index >= 15 is 0 Å². The number of hydrogen-bond donors (Lipinski definition) is 1. The number of fused-ring (bicyclic) bond motifs is 1. The van der Waals surface area contributed by atoms with Gasteiger partial charge in [-0.1, -0.05) is 66.7 Å². The predicted octanol–water partition coefficient (Wildman–Crippen LogP) is 5.38. The number of hydrogen-bond acceptors (Lipinski definition) is 3. The van der Waals surface area contributed by atoms with E-state index < -0.39 is 0 Å². The summed E-state index contributed by atoms with van der Waals surface area (Å²) in [4.78, 5) is 17.0. The lowest BCUT2D eigenvalue weighted by atomic mass is 10.1. The number of carbonyl (C=O) groups excluding carboxylic acids is 1. The predicted molar refractivity (Wildman–Crippen MR) is 112 cm³/mol. The van der Waals surface area contributed by atoms with Crippen molar-refractivity contribution in [2.45, 2.75) is 19.4 Å². The Morgan fingerprint density at radius 2 is 1.67 bits per heavy atom. The highest BCUT2D eigenvalue weighted by atomic mass is 32.1. The summed E-state index contributed by atoms with van der Waals surface area (Å²) in [5.41, 5.74) is 4.39. The van der Waals surface area contributed by atoms with E-state index in [0.717, 1.165) is 20.8 Å². The van der Waals surface area contributed by atoms with Crippen LogP contribution in [0, 0.1) is 0 Å². The highest BCUT2D eigenvalue weighted by Gasteiger charge is 2.13. The smallest absolute Gasteiger partial charge is 0.227 e. The van der Waals surface area contributed by atoms with Crippen LogP contribution in [0.2, 0.25) is 0 Å². The number of thiazole rings is 1. The second-order valence-corrected chi connectivity index (χ2v) is 7.65. The lowest BCUT2D eigenvalue weighted by molar-refractivity contribution is -0.121. The number of aromatic nitrogens is 1. The van der Waals surface area contributed by atoms with Gasteiger partial charge in [-0.25, -0.2) is 4.98 Å². The molecule has 4 heteroatoms. The maximum absolute atomic E-state index is 12.4. The quantitative estimate of drug-likeness (QED) is 0.511. The van der Waals surface area contributed by atoms with Crippen LogP contribution in [-0.4, -0.2) is 10.9 Å². The lowest BCUT2D eigenvalue weighted by Crippen LogP contribution is -2.28. The zero-order valence-corrected chi connectivity index (χ0v) is 15.9. The fraction of sp³-hybridized carbons (Fsp3) is 0.130. The standard InChI is InChI=1S/C23H20N2OS/c1-16(17-8-4-2-5-9-17)24-22(26)15-23-25-20-13-12-19(14-21(20)27-23)18-10-6-3-7-11-18/h2-14,16H,15H2,1H3,(H,24,26).